The third-order valence-corrected chi connectivity index (χ3v) is 2.89. The van der Waals surface area contributed by atoms with E-state index >= 15 is 0 Å². The van der Waals surface area contributed by atoms with Gasteiger partial charge in [0, 0.05) is 11.8 Å². The second-order valence-electron chi connectivity index (χ2n) is 4.16. The molecule has 3 N–H and O–H groups in total. The summed E-state index contributed by atoms with van der Waals surface area (Å²) in [4.78, 5) is 24.7. The quantitative estimate of drug-likeness (QED) is 0.596. The van der Waals surface area contributed by atoms with Crippen molar-refractivity contribution >= 4 is 0 Å². The summed E-state index contributed by atoms with van der Waals surface area (Å²) in [6.07, 6.45) is -4.67. The summed E-state index contributed by atoms with van der Waals surface area (Å²) in [5, 5.41) is 18.3. The van der Waals surface area contributed by atoms with Crippen LogP contribution < -0.4 is 11.2 Å². The number of hydrogen-bond donors (Lipinski definition) is 3. The Hall–Kier alpha value is -1.51. The molecule has 1 saturated heterocycles. The van der Waals surface area contributed by atoms with E-state index in [2.05, 4.69) is 0 Å². The molecule has 0 bridgehead atoms. The predicted molar refractivity (Wildman–Crippen MR) is 58.0 cm³/mol. The summed E-state index contributed by atoms with van der Waals surface area (Å²) in [7, 11) is 0. The molecule has 0 aliphatic carbocycles. The van der Waals surface area contributed by atoms with Crippen LogP contribution in [0, 0.1) is 6.92 Å². The number of aliphatic hydroxyl groups is 2. The average molecular weight is 260 g/mol. The SMILES string of the molecule is Cc1cn(C2O[C@@H](CO)[C@H](O)[C@H]2F)c(=O)[nH]c1=O. The molecule has 2 heterocycles. The monoisotopic (exact) mass is 260 g/mol. The third kappa shape index (κ3) is 1.98. The second kappa shape index (κ2) is 4.63. The zero-order chi connectivity index (χ0) is 13.4. The first-order valence-electron chi connectivity index (χ1n) is 5.36. The molecular formula is C10H13FN2O5. The van der Waals surface area contributed by atoms with Crippen LogP contribution in [0.15, 0.2) is 15.8 Å². The molecule has 0 radical (unpaired) electrons. The summed E-state index contributed by atoms with van der Waals surface area (Å²) in [6, 6.07) is 0. The van der Waals surface area contributed by atoms with Gasteiger partial charge in [0.1, 0.15) is 12.2 Å². The molecule has 0 amide bonds. The van der Waals surface area contributed by atoms with E-state index in [-0.39, 0.29) is 5.56 Å². The lowest BCUT2D eigenvalue weighted by molar-refractivity contribution is -0.0492. The second-order valence-corrected chi connectivity index (χ2v) is 4.16. The van der Waals surface area contributed by atoms with Gasteiger partial charge in [-0.1, -0.05) is 0 Å². The molecular weight excluding hydrogens is 247 g/mol. The van der Waals surface area contributed by atoms with Crippen molar-refractivity contribution in [3.8, 4) is 0 Å². The Morgan fingerprint density at radius 2 is 2.22 bits per heavy atom. The molecule has 1 fully saturated rings. The molecule has 1 aromatic rings. The van der Waals surface area contributed by atoms with Gasteiger partial charge in [-0.2, -0.15) is 0 Å². The highest BCUT2D eigenvalue weighted by atomic mass is 19.1. The Morgan fingerprint density at radius 3 is 2.78 bits per heavy atom. The highest BCUT2D eigenvalue weighted by molar-refractivity contribution is 5.03. The van der Waals surface area contributed by atoms with Gasteiger partial charge in [0.05, 0.1) is 6.61 Å². The van der Waals surface area contributed by atoms with Crippen molar-refractivity contribution in [2.24, 2.45) is 0 Å². The molecule has 8 heteroatoms. The van der Waals surface area contributed by atoms with Crippen LogP contribution in [-0.4, -0.2) is 44.8 Å². The fourth-order valence-corrected chi connectivity index (χ4v) is 1.85. The lowest BCUT2D eigenvalue weighted by Gasteiger charge is -2.15. The van der Waals surface area contributed by atoms with Crippen LogP contribution in [-0.2, 0) is 4.74 Å². The Morgan fingerprint density at radius 1 is 1.56 bits per heavy atom. The standard InChI is InChI=1S/C10H13FN2O5/c1-4-2-13(10(17)12-8(4)16)9-6(11)7(15)5(3-14)18-9/h2,5-7,9,14-15H,3H2,1H3,(H,12,16,17)/t5-,6+,7-,9?/m0/s1. The summed E-state index contributed by atoms with van der Waals surface area (Å²) in [5.74, 6) is 0. The van der Waals surface area contributed by atoms with Gasteiger partial charge in [-0.05, 0) is 6.92 Å². The number of aryl methyl sites for hydroxylation is 1. The number of H-pyrrole nitrogens is 1. The minimum absolute atomic E-state index is 0.215. The van der Waals surface area contributed by atoms with Gasteiger partial charge < -0.3 is 14.9 Å². The summed E-state index contributed by atoms with van der Waals surface area (Å²) in [5.41, 5.74) is -1.18. The highest BCUT2D eigenvalue weighted by Gasteiger charge is 2.45. The first kappa shape index (κ1) is 12.9. The predicted octanol–water partition coefficient (Wildman–Crippen LogP) is -1.57. The minimum atomic E-state index is -1.86. The van der Waals surface area contributed by atoms with Crippen LogP contribution in [0.1, 0.15) is 11.8 Å². The van der Waals surface area contributed by atoms with Crippen LogP contribution in [0.5, 0.6) is 0 Å². The van der Waals surface area contributed by atoms with E-state index in [0.717, 1.165) is 10.8 Å². The summed E-state index contributed by atoms with van der Waals surface area (Å²) < 4.78 is 19.7. The molecule has 0 aromatic carbocycles. The van der Waals surface area contributed by atoms with Crippen molar-refractivity contribution in [2.45, 2.75) is 31.5 Å². The molecule has 100 valence electrons. The number of rotatable bonds is 2. The van der Waals surface area contributed by atoms with Gasteiger partial charge in [-0.15, -0.1) is 0 Å². The molecule has 0 saturated carbocycles. The minimum Gasteiger partial charge on any atom is -0.394 e. The molecule has 1 unspecified atom stereocenters. The van der Waals surface area contributed by atoms with E-state index < -0.39 is 42.5 Å². The Balaban J connectivity index is 2.42. The topological polar surface area (TPSA) is 105 Å². The molecule has 1 aliphatic heterocycles. The van der Waals surface area contributed by atoms with Gasteiger partial charge in [0.15, 0.2) is 12.4 Å². The van der Waals surface area contributed by atoms with E-state index in [1.54, 1.807) is 0 Å². The molecule has 0 spiro atoms. The normalized spacial score (nSPS) is 31.8. The number of aromatic nitrogens is 2. The number of halogens is 1. The van der Waals surface area contributed by atoms with Gasteiger partial charge >= 0.3 is 5.69 Å². The molecule has 1 aromatic heterocycles. The maximum atomic E-state index is 13.8. The number of alkyl halides is 1. The number of nitrogens with zero attached hydrogens (tertiary/aromatic N) is 1. The highest BCUT2D eigenvalue weighted by Crippen LogP contribution is 2.30. The van der Waals surface area contributed by atoms with E-state index in [4.69, 9.17) is 9.84 Å². The van der Waals surface area contributed by atoms with Crippen molar-refractivity contribution in [1.29, 1.82) is 0 Å². The maximum Gasteiger partial charge on any atom is 0.330 e. The summed E-state index contributed by atoms with van der Waals surface area (Å²) >= 11 is 0. The molecule has 1 aliphatic rings. The third-order valence-electron chi connectivity index (χ3n) is 2.89. The first-order valence-corrected chi connectivity index (χ1v) is 5.36. The smallest absolute Gasteiger partial charge is 0.330 e. The van der Waals surface area contributed by atoms with E-state index in [1.165, 1.54) is 6.92 Å². The number of nitrogens with one attached hydrogen (secondary N) is 1. The van der Waals surface area contributed by atoms with Crippen molar-refractivity contribution in [3.63, 3.8) is 0 Å². The fraction of sp³-hybridized carbons (Fsp3) is 0.600. The lowest BCUT2D eigenvalue weighted by atomic mass is 10.1. The van der Waals surface area contributed by atoms with Crippen LogP contribution in [0.3, 0.4) is 0 Å². The van der Waals surface area contributed by atoms with Gasteiger partial charge in [0.25, 0.3) is 5.56 Å². The van der Waals surface area contributed by atoms with Gasteiger partial charge in [0.2, 0.25) is 0 Å². The average Bonchev–Trinajstić information content (AvgIpc) is 2.61. The molecule has 18 heavy (non-hydrogen) atoms. The Bertz CT molecular complexity index is 554. The van der Waals surface area contributed by atoms with Crippen molar-refractivity contribution < 1.29 is 19.3 Å². The number of hydrogen-bond acceptors (Lipinski definition) is 5. The first-order chi connectivity index (χ1) is 8.45. The summed E-state index contributed by atoms with van der Waals surface area (Å²) in [6.45, 7) is 0.895. The van der Waals surface area contributed by atoms with E-state index in [0.29, 0.717) is 0 Å². The molecule has 2 rings (SSSR count). The zero-order valence-corrected chi connectivity index (χ0v) is 9.54. The molecule has 7 nitrogen and oxygen atoms in total. The number of aliphatic hydroxyl groups excluding tert-OH is 2. The molecule has 4 atom stereocenters. The Kier molecular flexibility index (Phi) is 3.33. The van der Waals surface area contributed by atoms with Gasteiger partial charge in [-0.25, -0.2) is 9.18 Å². The number of aromatic amines is 1. The number of ether oxygens (including phenoxy) is 1. The fourth-order valence-electron chi connectivity index (χ4n) is 1.85. The van der Waals surface area contributed by atoms with Crippen molar-refractivity contribution in [3.05, 3.63) is 32.6 Å². The van der Waals surface area contributed by atoms with Crippen LogP contribution in [0.25, 0.3) is 0 Å². The van der Waals surface area contributed by atoms with E-state index in [9.17, 15) is 19.1 Å². The van der Waals surface area contributed by atoms with Crippen LogP contribution in [0.2, 0.25) is 0 Å². The maximum absolute atomic E-state index is 13.8. The van der Waals surface area contributed by atoms with Crippen molar-refractivity contribution in [2.75, 3.05) is 6.61 Å². The van der Waals surface area contributed by atoms with Crippen molar-refractivity contribution in [1.82, 2.24) is 9.55 Å². The van der Waals surface area contributed by atoms with Crippen LogP contribution in [0.4, 0.5) is 4.39 Å². The lowest BCUT2D eigenvalue weighted by Crippen LogP contribution is -2.36. The van der Waals surface area contributed by atoms with E-state index in [1.807, 2.05) is 4.98 Å². The van der Waals surface area contributed by atoms with Crippen LogP contribution >= 0.6 is 0 Å². The largest absolute Gasteiger partial charge is 0.394 e. The Labute approximate surface area is 100 Å². The van der Waals surface area contributed by atoms with Gasteiger partial charge in [-0.3, -0.25) is 14.3 Å². The zero-order valence-electron chi connectivity index (χ0n) is 9.54.